The van der Waals surface area contributed by atoms with Crippen molar-refractivity contribution in [2.75, 3.05) is 0 Å². The number of rotatable bonds is 2. The fourth-order valence-electron chi connectivity index (χ4n) is 5.61. The van der Waals surface area contributed by atoms with Crippen LogP contribution in [0.4, 0.5) is 4.39 Å². The van der Waals surface area contributed by atoms with Crippen molar-refractivity contribution in [1.29, 1.82) is 0 Å². The van der Waals surface area contributed by atoms with Gasteiger partial charge in [-0.15, -0.1) is 10.2 Å². The minimum Gasteiger partial charge on any atom is -0.420 e. The Kier molecular flexibility index (Phi) is 2.91. The molecule has 4 aliphatic rings. The van der Waals surface area contributed by atoms with Crippen LogP contribution in [0, 0.1) is 23.6 Å². The molecule has 1 aromatic heterocycles. The number of aromatic nitrogens is 2. The Hall–Kier alpha value is -1.42. The number of benzene rings is 1. The van der Waals surface area contributed by atoms with Crippen molar-refractivity contribution in [1.82, 2.24) is 10.2 Å². The first kappa shape index (κ1) is 14.0. The van der Waals surface area contributed by atoms with Crippen LogP contribution < -0.4 is 0 Å². The molecule has 1 heterocycles. The van der Waals surface area contributed by atoms with Crippen LogP contribution in [0.15, 0.2) is 22.6 Å². The van der Waals surface area contributed by atoms with Gasteiger partial charge in [0.15, 0.2) is 0 Å². The molecule has 4 fully saturated rings. The number of nitrogens with zero attached hydrogens (tertiary/aromatic N) is 2. The van der Waals surface area contributed by atoms with Crippen molar-refractivity contribution in [2.45, 2.75) is 43.9 Å². The average molecular weight is 333 g/mol. The van der Waals surface area contributed by atoms with Gasteiger partial charge in [0, 0.05) is 5.41 Å². The molecular weight excluding hydrogens is 315 g/mol. The number of halogens is 2. The maximum atomic E-state index is 14.1. The highest BCUT2D eigenvalue weighted by Gasteiger charge is 2.54. The number of hydrogen-bond donors (Lipinski definition) is 0. The van der Waals surface area contributed by atoms with Gasteiger partial charge in [0.25, 0.3) is 5.89 Å². The Morgan fingerprint density at radius 3 is 2.30 bits per heavy atom. The van der Waals surface area contributed by atoms with Gasteiger partial charge in [-0.25, -0.2) is 4.39 Å². The zero-order chi connectivity index (χ0) is 15.6. The van der Waals surface area contributed by atoms with Crippen LogP contribution in [-0.4, -0.2) is 10.2 Å². The lowest BCUT2D eigenvalue weighted by Gasteiger charge is -2.55. The van der Waals surface area contributed by atoms with E-state index < -0.39 is 5.82 Å². The zero-order valence-electron chi connectivity index (χ0n) is 12.8. The van der Waals surface area contributed by atoms with E-state index in [1.807, 2.05) is 0 Å². The van der Waals surface area contributed by atoms with E-state index in [0.717, 1.165) is 37.0 Å². The molecule has 2 aromatic rings. The van der Waals surface area contributed by atoms with Gasteiger partial charge in [0.2, 0.25) is 5.89 Å². The van der Waals surface area contributed by atoms with Crippen LogP contribution in [0.2, 0.25) is 5.02 Å². The second kappa shape index (κ2) is 4.79. The van der Waals surface area contributed by atoms with Crippen LogP contribution in [-0.2, 0) is 5.41 Å². The molecule has 4 aliphatic carbocycles. The summed E-state index contributed by atoms with van der Waals surface area (Å²) in [5.74, 6) is 2.89. The molecule has 23 heavy (non-hydrogen) atoms. The Labute approximate surface area is 139 Å². The Morgan fingerprint density at radius 1 is 1.04 bits per heavy atom. The number of hydrogen-bond acceptors (Lipinski definition) is 3. The highest BCUT2D eigenvalue weighted by Crippen LogP contribution is 2.60. The zero-order valence-corrected chi connectivity index (χ0v) is 13.5. The lowest BCUT2D eigenvalue weighted by atomic mass is 9.49. The summed E-state index contributed by atoms with van der Waals surface area (Å²) in [7, 11) is 0. The van der Waals surface area contributed by atoms with Crippen molar-refractivity contribution in [3.8, 4) is 11.5 Å². The SMILES string of the molecule is Fc1cccc(Cl)c1-c1nnc(C23CC4CC(CC(C4)C2)C3)o1. The molecule has 4 bridgehead atoms. The summed E-state index contributed by atoms with van der Waals surface area (Å²) in [5.41, 5.74) is 0.246. The summed E-state index contributed by atoms with van der Waals surface area (Å²) in [4.78, 5) is 0. The van der Waals surface area contributed by atoms with E-state index in [2.05, 4.69) is 10.2 Å². The van der Waals surface area contributed by atoms with Gasteiger partial charge >= 0.3 is 0 Å². The van der Waals surface area contributed by atoms with E-state index in [4.69, 9.17) is 16.0 Å². The largest absolute Gasteiger partial charge is 0.420 e. The molecule has 120 valence electrons. The van der Waals surface area contributed by atoms with Crippen molar-refractivity contribution in [3.63, 3.8) is 0 Å². The Morgan fingerprint density at radius 2 is 1.70 bits per heavy atom. The molecule has 5 heteroatoms. The molecule has 0 aliphatic heterocycles. The van der Waals surface area contributed by atoms with E-state index in [1.54, 1.807) is 12.1 Å². The van der Waals surface area contributed by atoms with Crippen LogP contribution in [0.25, 0.3) is 11.5 Å². The highest BCUT2D eigenvalue weighted by atomic mass is 35.5. The second-order valence-corrected chi connectivity index (χ2v) is 8.11. The molecule has 0 unspecified atom stereocenters. The first-order valence-corrected chi connectivity index (χ1v) is 8.79. The molecule has 0 amide bonds. The lowest BCUT2D eigenvalue weighted by Crippen LogP contribution is -2.48. The first-order chi connectivity index (χ1) is 11.1. The smallest absolute Gasteiger partial charge is 0.252 e. The summed E-state index contributed by atoms with van der Waals surface area (Å²) in [6.07, 6.45) is 7.51. The maximum absolute atomic E-state index is 14.1. The second-order valence-electron chi connectivity index (χ2n) is 7.71. The van der Waals surface area contributed by atoms with Crippen molar-refractivity contribution in [2.24, 2.45) is 17.8 Å². The summed E-state index contributed by atoms with van der Waals surface area (Å²) < 4.78 is 20.1. The molecule has 6 rings (SSSR count). The van der Waals surface area contributed by atoms with E-state index in [1.165, 1.54) is 25.3 Å². The fraction of sp³-hybridized carbons (Fsp3) is 0.556. The molecule has 1 aromatic carbocycles. The van der Waals surface area contributed by atoms with Gasteiger partial charge < -0.3 is 4.42 Å². The molecule has 4 saturated carbocycles. The van der Waals surface area contributed by atoms with Gasteiger partial charge in [-0.05, 0) is 68.4 Å². The molecule has 0 spiro atoms. The van der Waals surface area contributed by atoms with Gasteiger partial charge in [0.1, 0.15) is 5.82 Å². The van der Waals surface area contributed by atoms with E-state index in [9.17, 15) is 4.39 Å². The molecule has 3 nitrogen and oxygen atoms in total. The standard InChI is InChI=1S/C18H18ClFN2O/c19-13-2-1-3-14(20)15(13)16-21-22-17(23-16)18-7-10-4-11(8-18)6-12(5-10)9-18/h1-3,10-12H,4-9H2. The monoisotopic (exact) mass is 332 g/mol. The van der Waals surface area contributed by atoms with Crippen LogP contribution in [0.1, 0.15) is 44.4 Å². The normalized spacial score (nSPS) is 35.0. The van der Waals surface area contributed by atoms with Gasteiger partial charge in [-0.3, -0.25) is 0 Å². The third kappa shape index (κ3) is 2.07. The van der Waals surface area contributed by atoms with Gasteiger partial charge in [-0.1, -0.05) is 17.7 Å². The quantitative estimate of drug-likeness (QED) is 0.777. The van der Waals surface area contributed by atoms with Crippen LogP contribution in [0.3, 0.4) is 0 Å². The minimum absolute atomic E-state index is 0.0255. The Balaban J connectivity index is 1.55. The predicted octanol–water partition coefficient (Wildman–Crippen LogP) is 5.00. The summed E-state index contributed by atoms with van der Waals surface area (Å²) in [5, 5.41) is 8.76. The molecule has 0 atom stereocenters. The van der Waals surface area contributed by atoms with E-state index >= 15 is 0 Å². The first-order valence-electron chi connectivity index (χ1n) is 8.41. The summed E-state index contributed by atoms with van der Waals surface area (Å²) >= 11 is 6.12. The minimum atomic E-state index is -0.418. The van der Waals surface area contributed by atoms with Crippen LogP contribution >= 0.6 is 11.6 Å². The molecular formula is C18H18ClFN2O. The summed E-state index contributed by atoms with van der Waals surface area (Å²) in [6.45, 7) is 0. The highest BCUT2D eigenvalue weighted by molar-refractivity contribution is 6.33. The summed E-state index contributed by atoms with van der Waals surface area (Å²) in [6, 6.07) is 4.60. The van der Waals surface area contributed by atoms with E-state index in [0.29, 0.717) is 10.9 Å². The fourth-order valence-corrected chi connectivity index (χ4v) is 5.86. The van der Waals surface area contributed by atoms with Crippen LogP contribution in [0.5, 0.6) is 0 Å². The third-order valence-corrected chi connectivity index (χ3v) is 6.41. The molecule has 0 saturated heterocycles. The predicted molar refractivity (Wildman–Crippen MR) is 84.6 cm³/mol. The molecule has 0 N–H and O–H groups in total. The van der Waals surface area contributed by atoms with Crippen molar-refractivity contribution < 1.29 is 8.81 Å². The maximum Gasteiger partial charge on any atom is 0.252 e. The lowest BCUT2D eigenvalue weighted by molar-refractivity contribution is -0.0176. The third-order valence-electron chi connectivity index (χ3n) is 6.09. The van der Waals surface area contributed by atoms with Gasteiger partial charge in [0.05, 0.1) is 10.6 Å². The van der Waals surface area contributed by atoms with E-state index in [-0.39, 0.29) is 16.9 Å². The van der Waals surface area contributed by atoms with Crippen molar-refractivity contribution >= 4 is 11.6 Å². The molecule has 0 radical (unpaired) electrons. The Bertz CT molecular complexity index is 717. The van der Waals surface area contributed by atoms with Gasteiger partial charge in [-0.2, -0.15) is 0 Å². The van der Waals surface area contributed by atoms with Crippen molar-refractivity contribution in [3.05, 3.63) is 34.9 Å². The topological polar surface area (TPSA) is 38.9 Å². The average Bonchev–Trinajstić information content (AvgIpc) is 2.96.